The van der Waals surface area contributed by atoms with Gasteiger partial charge in [0.15, 0.2) is 0 Å². The van der Waals surface area contributed by atoms with Crippen LogP contribution in [-0.2, 0) is 14.8 Å². The molecule has 4 rings (SSSR count). The fraction of sp³-hybridized carbons (Fsp3) is 0.273. The number of nitrogens with one attached hydrogen (secondary N) is 1. The van der Waals surface area contributed by atoms with Gasteiger partial charge in [0.2, 0.25) is 15.9 Å². The molecule has 150 valence electrons. The van der Waals surface area contributed by atoms with E-state index in [4.69, 9.17) is 0 Å². The number of aromatic nitrogens is 1. The monoisotopic (exact) mass is 409 g/mol. The fourth-order valence-electron chi connectivity index (χ4n) is 3.67. The molecule has 0 radical (unpaired) electrons. The third kappa shape index (κ3) is 4.02. The van der Waals surface area contributed by atoms with Crippen molar-refractivity contribution in [2.75, 3.05) is 18.4 Å². The van der Waals surface area contributed by atoms with Crippen molar-refractivity contribution in [1.29, 1.82) is 0 Å². The van der Waals surface area contributed by atoms with Crippen LogP contribution in [0, 0.1) is 12.8 Å². The van der Waals surface area contributed by atoms with Gasteiger partial charge in [-0.05, 0) is 44.0 Å². The summed E-state index contributed by atoms with van der Waals surface area (Å²) in [7, 11) is -3.61. The first-order valence-corrected chi connectivity index (χ1v) is 11.1. The van der Waals surface area contributed by atoms with Gasteiger partial charge in [0.1, 0.15) is 0 Å². The number of rotatable bonds is 4. The minimum atomic E-state index is -3.61. The molecule has 1 aliphatic heterocycles. The Labute approximate surface area is 170 Å². The summed E-state index contributed by atoms with van der Waals surface area (Å²) in [5.41, 5.74) is 2.37. The Balaban J connectivity index is 1.52. The van der Waals surface area contributed by atoms with Crippen LogP contribution in [0.5, 0.6) is 0 Å². The Hall–Kier alpha value is -2.77. The molecule has 0 aliphatic carbocycles. The molecule has 1 fully saturated rings. The number of para-hydroxylation sites is 1. The predicted octanol–water partition coefficient (Wildman–Crippen LogP) is 3.58. The largest absolute Gasteiger partial charge is 0.324 e. The van der Waals surface area contributed by atoms with Gasteiger partial charge >= 0.3 is 0 Å². The number of hydrogen-bond acceptors (Lipinski definition) is 4. The third-order valence-corrected chi connectivity index (χ3v) is 7.18. The SMILES string of the molecule is Cc1ccc(S(=O)(=O)N2CCC[C@H](C(=O)Nc3cccc4cccnc34)C2)cc1. The van der Waals surface area contributed by atoms with Crippen molar-refractivity contribution < 1.29 is 13.2 Å². The number of hydrogen-bond donors (Lipinski definition) is 1. The van der Waals surface area contributed by atoms with Gasteiger partial charge in [0.05, 0.1) is 22.0 Å². The number of piperidine rings is 1. The van der Waals surface area contributed by atoms with Crippen LogP contribution >= 0.6 is 0 Å². The summed E-state index contributed by atoms with van der Waals surface area (Å²) in [5.74, 6) is -0.574. The third-order valence-electron chi connectivity index (χ3n) is 5.30. The highest BCUT2D eigenvalue weighted by molar-refractivity contribution is 7.89. The highest BCUT2D eigenvalue weighted by atomic mass is 32.2. The van der Waals surface area contributed by atoms with Crippen LogP contribution in [0.15, 0.2) is 65.7 Å². The molecule has 7 heteroatoms. The van der Waals surface area contributed by atoms with E-state index < -0.39 is 15.9 Å². The molecular weight excluding hydrogens is 386 g/mol. The van der Waals surface area contributed by atoms with Gasteiger partial charge in [0, 0.05) is 24.7 Å². The number of nitrogens with zero attached hydrogens (tertiary/aromatic N) is 2. The fourth-order valence-corrected chi connectivity index (χ4v) is 5.20. The number of anilines is 1. The molecule has 1 aliphatic rings. The molecule has 2 aromatic carbocycles. The Morgan fingerprint density at radius 1 is 1.10 bits per heavy atom. The van der Waals surface area contributed by atoms with Crippen LogP contribution in [0.3, 0.4) is 0 Å². The van der Waals surface area contributed by atoms with E-state index in [9.17, 15) is 13.2 Å². The second-order valence-corrected chi connectivity index (χ2v) is 9.32. The summed E-state index contributed by atoms with van der Waals surface area (Å²) in [6.07, 6.45) is 3.00. The van der Waals surface area contributed by atoms with Crippen LogP contribution < -0.4 is 5.32 Å². The molecule has 3 aromatic rings. The number of carbonyl (C=O) groups is 1. The number of aryl methyl sites for hydroxylation is 1. The van der Waals surface area contributed by atoms with Crippen molar-refractivity contribution >= 4 is 32.5 Å². The second kappa shape index (κ2) is 7.93. The average molecular weight is 410 g/mol. The maximum atomic E-state index is 13.0. The molecule has 0 bridgehead atoms. The second-order valence-electron chi connectivity index (χ2n) is 7.39. The van der Waals surface area contributed by atoms with Crippen LogP contribution in [0.1, 0.15) is 18.4 Å². The zero-order chi connectivity index (χ0) is 20.4. The lowest BCUT2D eigenvalue weighted by molar-refractivity contribution is -0.120. The van der Waals surface area contributed by atoms with E-state index in [2.05, 4.69) is 10.3 Å². The standard InChI is InChI=1S/C22H23N3O3S/c1-16-9-11-19(12-10-16)29(27,28)25-14-4-7-18(15-25)22(26)24-20-8-2-5-17-6-3-13-23-21(17)20/h2-3,5-6,8-13,18H,4,7,14-15H2,1H3,(H,24,26)/t18-/m0/s1. The van der Waals surface area contributed by atoms with E-state index in [1.165, 1.54) is 4.31 Å². The Kier molecular flexibility index (Phi) is 5.34. The quantitative estimate of drug-likeness (QED) is 0.714. The first kappa shape index (κ1) is 19.5. The van der Waals surface area contributed by atoms with Crippen molar-refractivity contribution in [3.63, 3.8) is 0 Å². The summed E-state index contributed by atoms with van der Waals surface area (Å²) in [5, 5.41) is 3.89. The minimum Gasteiger partial charge on any atom is -0.324 e. The lowest BCUT2D eigenvalue weighted by Crippen LogP contribution is -2.43. The number of sulfonamides is 1. The van der Waals surface area contributed by atoms with Crippen LogP contribution in [-0.4, -0.2) is 36.7 Å². The molecule has 29 heavy (non-hydrogen) atoms. The molecule has 1 aromatic heterocycles. The zero-order valence-electron chi connectivity index (χ0n) is 16.2. The van der Waals surface area contributed by atoms with Gasteiger partial charge in [-0.1, -0.05) is 35.9 Å². The number of amides is 1. The summed E-state index contributed by atoms with van der Waals surface area (Å²) in [6.45, 7) is 2.52. The first-order chi connectivity index (χ1) is 13.9. The number of carbonyl (C=O) groups excluding carboxylic acids is 1. The van der Waals surface area contributed by atoms with Crippen LogP contribution in [0.4, 0.5) is 5.69 Å². The highest BCUT2D eigenvalue weighted by Gasteiger charge is 2.33. The van der Waals surface area contributed by atoms with Gasteiger partial charge in [-0.25, -0.2) is 8.42 Å². The molecule has 0 unspecified atom stereocenters. The number of pyridine rings is 1. The van der Waals surface area contributed by atoms with Crippen molar-refractivity contribution in [2.45, 2.75) is 24.7 Å². The van der Waals surface area contributed by atoms with E-state index in [1.54, 1.807) is 30.5 Å². The topological polar surface area (TPSA) is 79.4 Å². The van der Waals surface area contributed by atoms with Gasteiger partial charge in [-0.3, -0.25) is 9.78 Å². The smallest absolute Gasteiger partial charge is 0.243 e. The average Bonchev–Trinajstić information content (AvgIpc) is 2.74. The molecular formula is C22H23N3O3S. The maximum absolute atomic E-state index is 13.0. The van der Waals surface area contributed by atoms with Gasteiger partial charge in [-0.2, -0.15) is 4.31 Å². The van der Waals surface area contributed by atoms with Crippen molar-refractivity contribution in [1.82, 2.24) is 9.29 Å². The van der Waals surface area contributed by atoms with E-state index in [1.807, 2.05) is 37.3 Å². The molecule has 1 amide bonds. The van der Waals surface area contributed by atoms with E-state index in [-0.39, 0.29) is 17.3 Å². The van der Waals surface area contributed by atoms with Crippen molar-refractivity contribution in [2.24, 2.45) is 5.92 Å². The van der Waals surface area contributed by atoms with Crippen LogP contribution in [0.25, 0.3) is 10.9 Å². The summed E-state index contributed by atoms with van der Waals surface area (Å²) in [6, 6.07) is 16.2. The lowest BCUT2D eigenvalue weighted by atomic mass is 9.98. The van der Waals surface area contributed by atoms with Gasteiger partial charge in [-0.15, -0.1) is 0 Å². The molecule has 0 saturated carbocycles. The molecule has 1 saturated heterocycles. The maximum Gasteiger partial charge on any atom is 0.243 e. The molecule has 1 atom stereocenters. The predicted molar refractivity (Wildman–Crippen MR) is 113 cm³/mol. The van der Waals surface area contributed by atoms with Crippen LogP contribution in [0.2, 0.25) is 0 Å². The van der Waals surface area contributed by atoms with Gasteiger partial charge < -0.3 is 5.32 Å². The Morgan fingerprint density at radius 3 is 2.66 bits per heavy atom. The zero-order valence-corrected chi connectivity index (χ0v) is 17.0. The summed E-state index contributed by atoms with van der Waals surface area (Å²) in [4.78, 5) is 17.5. The molecule has 0 spiro atoms. The Morgan fingerprint density at radius 2 is 1.86 bits per heavy atom. The van der Waals surface area contributed by atoms with E-state index in [0.717, 1.165) is 16.5 Å². The first-order valence-electron chi connectivity index (χ1n) is 9.66. The Bertz CT molecular complexity index is 1140. The number of fused-ring (bicyclic) bond motifs is 1. The van der Waals surface area contributed by atoms with E-state index in [0.29, 0.717) is 25.1 Å². The normalized spacial score (nSPS) is 17.9. The highest BCUT2D eigenvalue weighted by Crippen LogP contribution is 2.26. The van der Waals surface area contributed by atoms with Crippen molar-refractivity contribution in [3.05, 3.63) is 66.4 Å². The van der Waals surface area contributed by atoms with Gasteiger partial charge in [0.25, 0.3) is 0 Å². The van der Waals surface area contributed by atoms with E-state index >= 15 is 0 Å². The van der Waals surface area contributed by atoms with Crippen molar-refractivity contribution in [3.8, 4) is 0 Å². The molecule has 2 heterocycles. The molecule has 6 nitrogen and oxygen atoms in total. The summed E-state index contributed by atoms with van der Waals surface area (Å²) < 4.78 is 27.4. The lowest BCUT2D eigenvalue weighted by Gasteiger charge is -2.31. The minimum absolute atomic E-state index is 0.174. The number of benzene rings is 2. The molecule has 1 N–H and O–H groups in total. The summed E-state index contributed by atoms with van der Waals surface area (Å²) >= 11 is 0.